The monoisotopic (exact) mass is 385 g/mol. The van der Waals surface area contributed by atoms with Gasteiger partial charge in [-0.15, -0.1) is 0 Å². The fourth-order valence-corrected chi connectivity index (χ4v) is 2.92. The van der Waals surface area contributed by atoms with Crippen LogP contribution in [0.5, 0.6) is 0 Å². The van der Waals surface area contributed by atoms with Crippen molar-refractivity contribution in [1.82, 2.24) is 10.6 Å². The van der Waals surface area contributed by atoms with E-state index in [0.717, 1.165) is 11.1 Å². The average molecular weight is 385 g/mol. The van der Waals surface area contributed by atoms with Crippen LogP contribution in [-0.2, 0) is 27.2 Å². The van der Waals surface area contributed by atoms with Crippen LogP contribution >= 0.6 is 0 Å². The summed E-state index contributed by atoms with van der Waals surface area (Å²) < 4.78 is 13.4. The first-order valence-electron chi connectivity index (χ1n) is 8.91. The van der Waals surface area contributed by atoms with Crippen LogP contribution < -0.4 is 16.4 Å². The lowest BCUT2D eigenvalue weighted by atomic mass is 10.0. The van der Waals surface area contributed by atoms with Crippen molar-refractivity contribution in [2.75, 3.05) is 0 Å². The molecule has 4 N–H and O–H groups in total. The van der Waals surface area contributed by atoms with Gasteiger partial charge in [0.05, 0.1) is 0 Å². The normalized spacial score (nSPS) is 12.7. The summed E-state index contributed by atoms with van der Waals surface area (Å²) >= 11 is 0. The van der Waals surface area contributed by atoms with Crippen molar-refractivity contribution in [1.29, 1.82) is 0 Å². The highest BCUT2D eigenvalue weighted by atomic mass is 19.1. The number of carbonyl (C=O) groups excluding carboxylic acids is 3. The maximum Gasteiger partial charge on any atom is 0.243 e. The number of hydrogen-bond acceptors (Lipinski definition) is 3. The Bertz CT molecular complexity index is 869. The largest absolute Gasteiger partial charge is 0.368 e. The molecule has 0 bridgehead atoms. The van der Waals surface area contributed by atoms with E-state index in [-0.39, 0.29) is 12.8 Å². The predicted octanol–water partition coefficient (Wildman–Crippen LogP) is 1.39. The van der Waals surface area contributed by atoms with E-state index in [1.807, 2.05) is 31.2 Å². The SMILES string of the molecule is CC(=O)N[C@@H](Cc1cccc(F)c1)C(=O)N[C@@H](Cc1cccc(C)c1)C(N)=O. The smallest absolute Gasteiger partial charge is 0.243 e. The Morgan fingerprint density at radius 2 is 1.57 bits per heavy atom. The van der Waals surface area contributed by atoms with Gasteiger partial charge in [-0.25, -0.2) is 4.39 Å². The molecule has 3 amide bonds. The quantitative estimate of drug-likeness (QED) is 0.640. The standard InChI is InChI=1S/C21H24FN3O3/c1-13-5-3-6-15(9-13)11-18(20(23)27)25-21(28)19(24-14(2)26)12-16-7-4-8-17(22)10-16/h3-10,18-19H,11-12H2,1-2H3,(H2,23,27)(H,24,26)(H,25,28)/t18-,19-/m0/s1. The van der Waals surface area contributed by atoms with Crippen molar-refractivity contribution in [3.05, 3.63) is 71.0 Å². The highest BCUT2D eigenvalue weighted by Crippen LogP contribution is 2.09. The van der Waals surface area contributed by atoms with Crippen molar-refractivity contribution in [3.63, 3.8) is 0 Å². The lowest BCUT2D eigenvalue weighted by molar-refractivity contribution is -0.130. The molecule has 0 saturated carbocycles. The van der Waals surface area contributed by atoms with Gasteiger partial charge in [0.2, 0.25) is 17.7 Å². The van der Waals surface area contributed by atoms with E-state index in [4.69, 9.17) is 5.73 Å². The summed E-state index contributed by atoms with van der Waals surface area (Å²) in [7, 11) is 0. The number of aryl methyl sites for hydroxylation is 1. The van der Waals surface area contributed by atoms with Crippen LogP contribution in [0.2, 0.25) is 0 Å². The van der Waals surface area contributed by atoms with Gasteiger partial charge in [-0.05, 0) is 30.2 Å². The molecule has 2 aromatic rings. The van der Waals surface area contributed by atoms with Gasteiger partial charge in [0, 0.05) is 19.8 Å². The van der Waals surface area contributed by atoms with Crippen LogP contribution in [0.3, 0.4) is 0 Å². The molecule has 6 nitrogen and oxygen atoms in total. The van der Waals surface area contributed by atoms with Gasteiger partial charge in [0.15, 0.2) is 0 Å². The van der Waals surface area contributed by atoms with Crippen molar-refractivity contribution in [3.8, 4) is 0 Å². The number of nitrogens with one attached hydrogen (secondary N) is 2. The first kappa shape index (κ1) is 21.1. The third-order valence-electron chi connectivity index (χ3n) is 4.21. The zero-order valence-corrected chi connectivity index (χ0v) is 15.9. The molecule has 0 radical (unpaired) electrons. The molecule has 28 heavy (non-hydrogen) atoms. The van der Waals surface area contributed by atoms with Crippen molar-refractivity contribution in [2.45, 2.75) is 38.8 Å². The van der Waals surface area contributed by atoms with Crippen LogP contribution in [-0.4, -0.2) is 29.8 Å². The second kappa shape index (κ2) is 9.64. The molecule has 0 unspecified atom stereocenters. The molecule has 2 rings (SSSR count). The lowest BCUT2D eigenvalue weighted by Gasteiger charge is -2.22. The number of hydrogen-bond donors (Lipinski definition) is 3. The summed E-state index contributed by atoms with van der Waals surface area (Å²) in [6.45, 7) is 3.21. The maximum absolute atomic E-state index is 13.4. The van der Waals surface area contributed by atoms with E-state index in [1.54, 1.807) is 6.07 Å². The molecule has 0 aliphatic heterocycles. The molecule has 148 valence electrons. The Morgan fingerprint density at radius 3 is 2.14 bits per heavy atom. The van der Waals surface area contributed by atoms with E-state index in [9.17, 15) is 18.8 Å². The number of benzene rings is 2. The maximum atomic E-state index is 13.4. The van der Waals surface area contributed by atoms with Crippen LogP contribution in [0, 0.1) is 12.7 Å². The number of halogens is 1. The van der Waals surface area contributed by atoms with Crippen LogP contribution in [0.1, 0.15) is 23.6 Å². The molecular formula is C21H24FN3O3. The topological polar surface area (TPSA) is 101 Å². The summed E-state index contributed by atoms with van der Waals surface area (Å²) in [5.74, 6) is -2.09. The number of amides is 3. The van der Waals surface area contributed by atoms with E-state index in [1.165, 1.54) is 25.1 Å². The molecule has 0 spiro atoms. The Labute approximate surface area is 163 Å². The van der Waals surface area contributed by atoms with E-state index < -0.39 is 35.6 Å². The van der Waals surface area contributed by atoms with Crippen molar-refractivity contribution >= 4 is 17.7 Å². The lowest BCUT2D eigenvalue weighted by Crippen LogP contribution is -2.54. The minimum absolute atomic E-state index is 0.0824. The van der Waals surface area contributed by atoms with Gasteiger partial charge in [-0.2, -0.15) is 0 Å². The fourth-order valence-electron chi connectivity index (χ4n) is 2.92. The summed E-state index contributed by atoms with van der Waals surface area (Å²) in [6.07, 6.45) is 0.314. The van der Waals surface area contributed by atoms with E-state index >= 15 is 0 Å². The van der Waals surface area contributed by atoms with Crippen LogP contribution in [0.25, 0.3) is 0 Å². The zero-order valence-electron chi connectivity index (χ0n) is 15.9. The molecule has 0 aliphatic rings. The second-order valence-electron chi connectivity index (χ2n) is 6.74. The fraction of sp³-hybridized carbons (Fsp3) is 0.286. The minimum atomic E-state index is -0.960. The van der Waals surface area contributed by atoms with E-state index in [0.29, 0.717) is 5.56 Å². The predicted molar refractivity (Wildman–Crippen MR) is 104 cm³/mol. The highest BCUT2D eigenvalue weighted by Gasteiger charge is 2.25. The molecule has 2 atom stereocenters. The van der Waals surface area contributed by atoms with Gasteiger partial charge in [-0.1, -0.05) is 42.0 Å². The number of rotatable bonds is 8. The Kier molecular flexibility index (Phi) is 7.26. The number of primary amides is 1. The molecule has 0 aromatic heterocycles. The van der Waals surface area contributed by atoms with Crippen LogP contribution in [0.15, 0.2) is 48.5 Å². The zero-order chi connectivity index (χ0) is 20.7. The van der Waals surface area contributed by atoms with Gasteiger partial charge < -0.3 is 16.4 Å². The molecule has 0 heterocycles. The molecular weight excluding hydrogens is 361 g/mol. The Hall–Kier alpha value is -3.22. The third kappa shape index (κ3) is 6.50. The molecule has 7 heteroatoms. The average Bonchev–Trinajstić information content (AvgIpc) is 2.60. The third-order valence-corrected chi connectivity index (χ3v) is 4.21. The van der Waals surface area contributed by atoms with Gasteiger partial charge in [0.25, 0.3) is 0 Å². The molecule has 0 fully saturated rings. The summed E-state index contributed by atoms with van der Waals surface area (Å²) in [4.78, 5) is 36.1. The molecule has 2 aromatic carbocycles. The Balaban J connectivity index is 2.14. The first-order chi connectivity index (χ1) is 13.2. The highest BCUT2D eigenvalue weighted by molar-refractivity contribution is 5.91. The summed E-state index contributed by atoms with van der Waals surface area (Å²) in [6, 6.07) is 11.4. The number of carbonyl (C=O) groups is 3. The van der Waals surface area contributed by atoms with Gasteiger partial charge in [0.1, 0.15) is 17.9 Å². The minimum Gasteiger partial charge on any atom is -0.368 e. The van der Waals surface area contributed by atoms with Crippen LogP contribution in [0.4, 0.5) is 4.39 Å². The molecule has 0 saturated heterocycles. The van der Waals surface area contributed by atoms with Gasteiger partial charge in [-0.3, -0.25) is 14.4 Å². The number of nitrogens with two attached hydrogens (primary N) is 1. The Morgan fingerprint density at radius 1 is 0.964 bits per heavy atom. The van der Waals surface area contributed by atoms with Gasteiger partial charge >= 0.3 is 0 Å². The summed E-state index contributed by atoms with van der Waals surface area (Å²) in [5.41, 5.74) is 7.87. The summed E-state index contributed by atoms with van der Waals surface area (Å²) in [5, 5.41) is 5.14. The first-order valence-corrected chi connectivity index (χ1v) is 8.91. The van der Waals surface area contributed by atoms with E-state index in [2.05, 4.69) is 10.6 Å². The molecule has 0 aliphatic carbocycles. The van der Waals surface area contributed by atoms with Crippen molar-refractivity contribution in [2.24, 2.45) is 5.73 Å². The van der Waals surface area contributed by atoms with Crippen molar-refractivity contribution < 1.29 is 18.8 Å². The second-order valence-corrected chi connectivity index (χ2v) is 6.74.